The maximum Gasteiger partial charge on any atom is 0.437 e. The molecule has 2 N–H and O–H groups in total. The number of amides is 2. The van der Waals surface area contributed by atoms with Gasteiger partial charge in [-0.05, 0) is 58.1 Å². The number of carboxylic acids is 1. The van der Waals surface area contributed by atoms with Gasteiger partial charge in [-0.3, -0.25) is 14.9 Å². The van der Waals surface area contributed by atoms with Gasteiger partial charge in [0.2, 0.25) is 11.9 Å². The summed E-state index contributed by atoms with van der Waals surface area (Å²) in [7, 11) is 5.36. The highest BCUT2D eigenvalue weighted by molar-refractivity contribution is 6.60. The number of allylic oxidation sites excluding steroid dienone is 2. The van der Waals surface area contributed by atoms with E-state index in [1.54, 1.807) is 44.3 Å². The van der Waals surface area contributed by atoms with Crippen molar-refractivity contribution in [1.82, 2.24) is 10.2 Å². The van der Waals surface area contributed by atoms with E-state index in [9.17, 15) is 19.5 Å². The van der Waals surface area contributed by atoms with Crippen molar-refractivity contribution in [2.24, 2.45) is 4.99 Å². The van der Waals surface area contributed by atoms with Gasteiger partial charge in [-0.2, -0.15) is 0 Å². The molecular formula is C27H52B3N3O5. The zero-order valence-corrected chi connectivity index (χ0v) is 25.2. The second kappa shape index (κ2) is 19.8. The van der Waals surface area contributed by atoms with Gasteiger partial charge in [0.15, 0.2) is 0 Å². The zero-order valence-electron chi connectivity index (χ0n) is 25.2. The molecule has 0 rings (SSSR count). The predicted octanol–water partition coefficient (Wildman–Crippen LogP) is 3.33. The van der Waals surface area contributed by atoms with Crippen LogP contribution in [0.1, 0.15) is 118 Å². The quantitative estimate of drug-likeness (QED) is 0.0925. The van der Waals surface area contributed by atoms with Gasteiger partial charge in [0.05, 0.1) is 0 Å². The Kier molecular flexibility index (Phi) is 18.7. The second-order valence-corrected chi connectivity index (χ2v) is 11.9. The number of guanidine groups is 1. The Bertz CT molecular complexity index is 762. The van der Waals surface area contributed by atoms with E-state index in [1.165, 1.54) is 49.8 Å². The largest absolute Gasteiger partial charge is 0.480 e. The molecule has 0 aromatic heterocycles. The molecule has 0 aromatic rings. The smallest absolute Gasteiger partial charge is 0.437 e. The number of aliphatic carboxylic acids is 1. The van der Waals surface area contributed by atoms with Crippen LogP contribution in [0, 0.1) is 0 Å². The van der Waals surface area contributed by atoms with Gasteiger partial charge < -0.3 is 14.7 Å². The highest BCUT2D eigenvalue weighted by atomic mass is 16.6. The number of carbonyl (C=O) groups excluding carboxylic acids is 2. The molecule has 11 heteroatoms. The number of carboxylic acid groups (broad SMARTS) is 1. The van der Waals surface area contributed by atoms with E-state index in [4.69, 9.17) is 4.74 Å². The van der Waals surface area contributed by atoms with Crippen LogP contribution in [0.4, 0.5) is 4.79 Å². The Hall–Kier alpha value is -2.19. The van der Waals surface area contributed by atoms with E-state index < -0.39 is 29.4 Å². The Balaban J connectivity index is 4.52. The standard InChI is InChI=1S/C27H52B3N3O5/c1-5-6-7-8-9-10-11-12-13-14-15-16-17-18-19-20-22(34)31-24(32-25(37)38-26(2,3)4)33(21-23(35)36)27(28,29)30/h12-13H,5-11,14-21,28-30H2,1-4H3,(H,35,36)(H,31,32,34,37)/b13-12-. The van der Waals surface area contributed by atoms with E-state index in [-0.39, 0.29) is 18.3 Å². The summed E-state index contributed by atoms with van der Waals surface area (Å²) in [5.74, 6) is -1.50. The number of unbranched alkanes of at least 4 members (excludes halogenated alkanes) is 11. The molecule has 0 radical (unpaired) electrons. The Morgan fingerprint density at radius 1 is 0.868 bits per heavy atom. The van der Waals surface area contributed by atoms with Crippen LogP contribution in [0.15, 0.2) is 17.1 Å². The third-order valence-corrected chi connectivity index (χ3v) is 5.87. The first-order valence-corrected chi connectivity index (χ1v) is 14.5. The summed E-state index contributed by atoms with van der Waals surface area (Å²) >= 11 is 0. The molecule has 0 saturated carbocycles. The fraction of sp³-hybridized carbons (Fsp3) is 0.778. The van der Waals surface area contributed by atoms with Crippen molar-refractivity contribution in [1.29, 1.82) is 0 Å². The van der Waals surface area contributed by atoms with Crippen molar-refractivity contribution >= 4 is 47.5 Å². The van der Waals surface area contributed by atoms with E-state index in [1.807, 2.05) is 0 Å². The number of hydrogen-bond donors (Lipinski definition) is 2. The minimum absolute atomic E-state index is 0.105. The lowest BCUT2D eigenvalue weighted by molar-refractivity contribution is -0.137. The van der Waals surface area contributed by atoms with Crippen LogP contribution in [0.2, 0.25) is 0 Å². The summed E-state index contributed by atoms with van der Waals surface area (Å²) in [5.41, 5.74) is -0.765. The Morgan fingerprint density at radius 2 is 1.37 bits per heavy atom. The van der Waals surface area contributed by atoms with E-state index in [0.717, 1.165) is 32.1 Å². The number of ether oxygens (including phenoxy) is 1. The van der Waals surface area contributed by atoms with Crippen LogP contribution in [0.3, 0.4) is 0 Å². The van der Waals surface area contributed by atoms with E-state index in [0.29, 0.717) is 6.42 Å². The normalized spacial score (nSPS) is 12.5. The molecule has 0 spiro atoms. The number of hydrogen-bond acceptors (Lipinski definition) is 4. The van der Waals surface area contributed by atoms with Gasteiger partial charge in [0.25, 0.3) is 0 Å². The summed E-state index contributed by atoms with van der Waals surface area (Å²) in [4.78, 5) is 41.7. The van der Waals surface area contributed by atoms with Crippen LogP contribution >= 0.6 is 0 Å². The van der Waals surface area contributed by atoms with Gasteiger partial charge >= 0.3 is 12.1 Å². The number of nitrogens with one attached hydrogen (secondary N) is 1. The Morgan fingerprint density at radius 3 is 1.84 bits per heavy atom. The van der Waals surface area contributed by atoms with Gasteiger partial charge in [0, 0.05) is 6.42 Å². The molecular weight excluding hydrogens is 479 g/mol. The average Bonchev–Trinajstić information content (AvgIpc) is 2.77. The van der Waals surface area contributed by atoms with Crippen LogP contribution in [-0.4, -0.2) is 74.9 Å². The molecule has 0 unspecified atom stereocenters. The molecule has 0 aliphatic carbocycles. The third kappa shape index (κ3) is 20.8. The van der Waals surface area contributed by atoms with Crippen molar-refractivity contribution < 1.29 is 24.2 Å². The van der Waals surface area contributed by atoms with Crippen molar-refractivity contribution in [3.63, 3.8) is 0 Å². The summed E-state index contributed by atoms with van der Waals surface area (Å²) in [6.07, 6.45) is 19.3. The molecule has 2 amide bonds. The highest BCUT2D eigenvalue weighted by Gasteiger charge is 2.29. The van der Waals surface area contributed by atoms with Crippen molar-refractivity contribution in [2.75, 3.05) is 6.54 Å². The van der Waals surface area contributed by atoms with Gasteiger partial charge in [-0.25, -0.2) is 4.79 Å². The first kappa shape index (κ1) is 35.8. The van der Waals surface area contributed by atoms with Crippen LogP contribution in [0.5, 0.6) is 0 Å². The average molecular weight is 531 g/mol. The molecule has 0 aromatic carbocycles. The SMILES string of the molecule is BC(B)(B)N(CC(=O)O)/C(=N\C(=O)OC(C)(C)C)NC(=O)CCCCCCC/C=C\CCCCCCCC. The van der Waals surface area contributed by atoms with Crippen molar-refractivity contribution in [3.8, 4) is 0 Å². The van der Waals surface area contributed by atoms with Crippen LogP contribution in [-0.2, 0) is 14.3 Å². The van der Waals surface area contributed by atoms with Crippen molar-refractivity contribution in [3.05, 3.63) is 12.2 Å². The maximum atomic E-state index is 12.6. The van der Waals surface area contributed by atoms with Crippen LogP contribution < -0.4 is 5.32 Å². The summed E-state index contributed by atoms with van der Waals surface area (Å²) < 4.78 is 5.25. The molecule has 0 fully saturated rings. The predicted molar refractivity (Wildman–Crippen MR) is 164 cm³/mol. The molecule has 0 atom stereocenters. The molecule has 38 heavy (non-hydrogen) atoms. The number of aliphatic imine (C=N–C) groups is 1. The van der Waals surface area contributed by atoms with E-state index in [2.05, 4.69) is 29.4 Å². The fourth-order valence-electron chi connectivity index (χ4n) is 3.84. The lowest BCUT2D eigenvalue weighted by Crippen LogP contribution is -2.60. The van der Waals surface area contributed by atoms with Gasteiger partial charge in [-0.1, -0.05) is 70.4 Å². The maximum absolute atomic E-state index is 12.6. The number of nitrogens with zero attached hydrogens (tertiary/aromatic N) is 2. The molecule has 0 heterocycles. The zero-order chi connectivity index (χ0) is 29.0. The molecule has 0 bridgehead atoms. The minimum atomic E-state index is -1.09. The van der Waals surface area contributed by atoms with Crippen molar-refractivity contribution in [2.45, 2.75) is 128 Å². The molecule has 8 nitrogen and oxygen atoms in total. The van der Waals surface area contributed by atoms with Crippen LogP contribution in [0.25, 0.3) is 0 Å². The highest BCUT2D eigenvalue weighted by Crippen LogP contribution is 2.12. The topological polar surface area (TPSA) is 108 Å². The Labute approximate surface area is 234 Å². The van der Waals surface area contributed by atoms with E-state index >= 15 is 0 Å². The van der Waals surface area contributed by atoms with Gasteiger partial charge in [0.1, 0.15) is 35.7 Å². The van der Waals surface area contributed by atoms with Gasteiger partial charge in [-0.15, -0.1) is 4.99 Å². The number of rotatable bonds is 18. The monoisotopic (exact) mass is 531 g/mol. The lowest BCUT2D eigenvalue weighted by Gasteiger charge is -2.37. The lowest BCUT2D eigenvalue weighted by atomic mass is 9.48. The third-order valence-electron chi connectivity index (χ3n) is 5.87. The molecule has 0 aliphatic heterocycles. The summed E-state index contributed by atoms with van der Waals surface area (Å²) in [5, 5.41) is 11.3. The second-order valence-electron chi connectivity index (χ2n) is 11.9. The first-order valence-electron chi connectivity index (χ1n) is 14.5. The minimum Gasteiger partial charge on any atom is -0.480 e. The molecule has 0 aliphatic rings. The molecule has 0 saturated heterocycles. The fourth-order valence-corrected chi connectivity index (χ4v) is 3.84. The summed E-state index contributed by atoms with van der Waals surface area (Å²) in [6.45, 7) is 6.96. The number of carbonyl (C=O) groups is 3. The summed E-state index contributed by atoms with van der Waals surface area (Å²) in [6, 6.07) is 0. The first-order chi connectivity index (χ1) is 17.8. The molecule has 214 valence electrons.